The van der Waals surface area contributed by atoms with Gasteiger partial charge in [0.25, 0.3) is 0 Å². The zero-order valence-corrected chi connectivity index (χ0v) is 22.0. The third-order valence-corrected chi connectivity index (χ3v) is 7.47. The molecular formula is C31H44O4. The van der Waals surface area contributed by atoms with E-state index in [4.69, 9.17) is 4.74 Å². The van der Waals surface area contributed by atoms with Crippen LogP contribution in [-0.2, 0) is 0 Å². The number of fused-ring (bicyclic) bond motifs is 1. The van der Waals surface area contributed by atoms with Crippen LogP contribution in [0.1, 0.15) is 107 Å². The molecule has 35 heavy (non-hydrogen) atoms. The second-order valence-corrected chi connectivity index (χ2v) is 11.2. The molecule has 0 radical (unpaired) electrons. The summed E-state index contributed by atoms with van der Waals surface area (Å²) in [4.78, 5) is 13.4. The molecule has 0 aromatic heterocycles. The van der Waals surface area contributed by atoms with Crippen LogP contribution in [0.2, 0.25) is 0 Å². The van der Waals surface area contributed by atoms with Gasteiger partial charge in [0.2, 0.25) is 0 Å². The molecule has 192 valence electrons. The predicted molar refractivity (Wildman–Crippen MR) is 142 cm³/mol. The Morgan fingerprint density at radius 2 is 1.34 bits per heavy atom. The minimum Gasteiger partial charge on any atom is -0.508 e. The highest BCUT2D eigenvalue weighted by atomic mass is 16.5. The van der Waals surface area contributed by atoms with Crippen molar-refractivity contribution in [1.29, 1.82) is 0 Å². The lowest BCUT2D eigenvalue weighted by Gasteiger charge is -2.33. The Morgan fingerprint density at radius 1 is 0.771 bits per heavy atom. The van der Waals surface area contributed by atoms with Crippen LogP contribution < -0.4 is 4.74 Å². The second kappa shape index (κ2) is 13.0. The highest BCUT2D eigenvalue weighted by Crippen LogP contribution is 2.40. The first-order chi connectivity index (χ1) is 16.7. The molecule has 0 amide bonds. The standard InChI is InChI=1S/C31H44O4/c1-21(2)8-5-9-22(3)10-6-11-23(4)12-7-13-28-30(24-14-16-25(32)17-15-24)31(34)27-19-18-26(33)20-29(27)35-28/h14-23,28,30,32-33H,5-13H2,1-4H3/t22-,23-,28?,30?/m1/s1. The summed E-state index contributed by atoms with van der Waals surface area (Å²) in [7, 11) is 0. The molecule has 3 rings (SSSR count). The van der Waals surface area contributed by atoms with Crippen LogP contribution in [0.4, 0.5) is 0 Å². The van der Waals surface area contributed by atoms with E-state index in [-0.39, 0.29) is 23.4 Å². The van der Waals surface area contributed by atoms with Crippen LogP contribution in [0, 0.1) is 17.8 Å². The van der Waals surface area contributed by atoms with Crippen molar-refractivity contribution in [2.75, 3.05) is 0 Å². The summed E-state index contributed by atoms with van der Waals surface area (Å²) in [5, 5.41) is 19.6. The lowest BCUT2D eigenvalue weighted by Crippen LogP contribution is -2.36. The maximum absolute atomic E-state index is 13.4. The van der Waals surface area contributed by atoms with E-state index < -0.39 is 5.92 Å². The molecule has 2 aromatic carbocycles. The summed E-state index contributed by atoms with van der Waals surface area (Å²) >= 11 is 0. The van der Waals surface area contributed by atoms with Gasteiger partial charge in [0.05, 0.1) is 11.5 Å². The third-order valence-electron chi connectivity index (χ3n) is 7.47. The molecule has 4 atom stereocenters. The maximum Gasteiger partial charge on any atom is 0.177 e. The van der Waals surface area contributed by atoms with Gasteiger partial charge in [0, 0.05) is 6.07 Å². The minimum absolute atomic E-state index is 0.0152. The van der Waals surface area contributed by atoms with Crippen LogP contribution in [-0.4, -0.2) is 22.1 Å². The molecule has 4 nitrogen and oxygen atoms in total. The smallest absolute Gasteiger partial charge is 0.177 e. The Labute approximate surface area is 211 Å². The fourth-order valence-corrected chi connectivity index (χ4v) is 5.30. The first kappa shape index (κ1) is 27.1. The van der Waals surface area contributed by atoms with E-state index in [0.29, 0.717) is 17.2 Å². The Hall–Kier alpha value is -2.49. The van der Waals surface area contributed by atoms with Crippen molar-refractivity contribution in [2.45, 2.75) is 97.5 Å². The predicted octanol–water partition coefficient (Wildman–Crippen LogP) is 8.26. The fraction of sp³-hybridized carbons (Fsp3) is 0.581. The number of rotatable bonds is 13. The van der Waals surface area contributed by atoms with E-state index in [1.54, 1.807) is 18.2 Å². The Morgan fingerprint density at radius 3 is 1.97 bits per heavy atom. The van der Waals surface area contributed by atoms with E-state index in [1.807, 2.05) is 12.1 Å². The molecule has 0 saturated heterocycles. The number of phenols is 2. The summed E-state index contributed by atoms with van der Waals surface area (Å²) in [5.41, 5.74) is 1.36. The summed E-state index contributed by atoms with van der Waals surface area (Å²) in [6, 6.07) is 11.6. The summed E-state index contributed by atoms with van der Waals surface area (Å²) in [6.45, 7) is 9.33. The Bertz CT molecular complexity index is 933. The van der Waals surface area contributed by atoms with Crippen LogP contribution >= 0.6 is 0 Å². The Balaban J connectivity index is 1.53. The van der Waals surface area contributed by atoms with Gasteiger partial charge in [0.15, 0.2) is 5.78 Å². The van der Waals surface area contributed by atoms with Gasteiger partial charge in [-0.2, -0.15) is 0 Å². The van der Waals surface area contributed by atoms with Crippen molar-refractivity contribution in [1.82, 2.24) is 0 Å². The first-order valence-corrected chi connectivity index (χ1v) is 13.6. The molecular weight excluding hydrogens is 436 g/mol. The zero-order valence-electron chi connectivity index (χ0n) is 22.0. The van der Waals surface area contributed by atoms with E-state index in [2.05, 4.69) is 27.7 Å². The van der Waals surface area contributed by atoms with Crippen molar-refractivity contribution >= 4 is 5.78 Å². The van der Waals surface area contributed by atoms with Gasteiger partial charge in [-0.05, 0) is 60.4 Å². The molecule has 0 bridgehead atoms. The molecule has 1 aliphatic rings. The molecule has 2 aromatic rings. The van der Waals surface area contributed by atoms with Gasteiger partial charge in [0.1, 0.15) is 23.4 Å². The van der Waals surface area contributed by atoms with Gasteiger partial charge < -0.3 is 14.9 Å². The van der Waals surface area contributed by atoms with Gasteiger partial charge in [-0.3, -0.25) is 4.79 Å². The maximum atomic E-state index is 13.4. The highest BCUT2D eigenvalue weighted by molar-refractivity contribution is 6.04. The van der Waals surface area contributed by atoms with E-state index in [0.717, 1.165) is 36.7 Å². The number of hydrogen-bond donors (Lipinski definition) is 2. The average Bonchev–Trinajstić information content (AvgIpc) is 2.79. The molecule has 2 N–H and O–H groups in total. The fourth-order valence-electron chi connectivity index (χ4n) is 5.30. The molecule has 1 aliphatic heterocycles. The van der Waals surface area contributed by atoms with E-state index >= 15 is 0 Å². The molecule has 1 heterocycles. The molecule has 0 fully saturated rings. The van der Waals surface area contributed by atoms with Crippen molar-refractivity contribution in [3.8, 4) is 17.2 Å². The molecule has 0 saturated carbocycles. The normalized spacial score (nSPS) is 19.3. The summed E-state index contributed by atoms with van der Waals surface area (Å²) in [5.74, 6) is 2.63. The number of carbonyl (C=O) groups is 1. The van der Waals surface area contributed by atoms with Crippen molar-refractivity contribution < 1.29 is 19.7 Å². The van der Waals surface area contributed by atoms with Crippen LogP contribution in [0.25, 0.3) is 0 Å². The largest absolute Gasteiger partial charge is 0.508 e. The van der Waals surface area contributed by atoms with Crippen LogP contribution in [0.15, 0.2) is 42.5 Å². The third kappa shape index (κ3) is 8.02. The summed E-state index contributed by atoms with van der Waals surface area (Å²) < 4.78 is 6.29. The summed E-state index contributed by atoms with van der Waals surface area (Å²) in [6.07, 6.45) is 10.5. The minimum atomic E-state index is -0.408. The second-order valence-electron chi connectivity index (χ2n) is 11.2. The van der Waals surface area contributed by atoms with Crippen LogP contribution in [0.5, 0.6) is 17.2 Å². The number of benzene rings is 2. The van der Waals surface area contributed by atoms with E-state index in [9.17, 15) is 15.0 Å². The number of ether oxygens (including phenoxy) is 1. The van der Waals surface area contributed by atoms with Gasteiger partial charge in [-0.1, -0.05) is 84.8 Å². The molecule has 0 spiro atoms. The quantitative estimate of drug-likeness (QED) is 0.303. The lowest BCUT2D eigenvalue weighted by molar-refractivity contribution is 0.0759. The molecule has 2 unspecified atom stereocenters. The number of ketones is 1. The van der Waals surface area contributed by atoms with E-state index in [1.165, 1.54) is 50.7 Å². The number of hydrogen-bond acceptors (Lipinski definition) is 4. The van der Waals surface area contributed by atoms with Gasteiger partial charge in [-0.15, -0.1) is 0 Å². The number of aromatic hydroxyl groups is 2. The Kier molecular flexibility index (Phi) is 10.1. The lowest BCUT2D eigenvalue weighted by atomic mass is 9.81. The SMILES string of the molecule is CC(C)CCC[C@@H](C)CCC[C@@H](C)CCCC1Oc2cc(O)ccc2C(=O)C1c1ccc(O)cc1. The zero-order chi connectivity index (χ0) is 25.4. The number of carbonyl (C=O) groups excluding carboxylic acids is 1. The van der Waals surface area contributed by atoms with Crippen LogP contribution in [0.3, 0.4) is 0 Å². The van der Waals surface area contributed by atoms with Crippen molar-refractivity contribution in [3.63, 3.8) is 0 Å². The van der Waals surface area contributed by atoms with Gasteiger partial charge in [-0.25, -0.2) is 0 Å². The molecule has 0 aliphatic carbocycles. The monoisotopic (exact) mass is 480 g/mol. The number of Topliss-reactive ketones (excluding diaryl/α,β-unsaturated/α-hetero) is 1. The highest BCUT2D eigenvalue weighted by Gasteiger charge is 2.38. The first-order valence-electron chi connectivity index (χ1n) is 13.6. The average molecular weight is 481 g/mol. The van der Waals surface area contributed by atoms with Gasteiger partial charge >= 0.3 is 0 Å². The van der Waals surface area contributed by atoms with Crippen molar-refractivity contribution in [2.24, 2.45) is 17.8 Å². The topological polar surface area (TPSA) is 66.8 Å². The number of phenolic OH excluding ortho intramolecular Hbond substituents is 2. The van der Waals surface area contributed by atoms with Crippen molar-refractivity contribution in [3.05, 3.63) is 53.6 Å². The molecule has 4 heteroatoms.